The van der Waals surface area contributed by atoms with Gasteiger partial charge in [0.1, 0.15) is 0 Å². The van der Waals surface area contributed by atoms with Crippen molar-refractivity contribution in [1.82, 2.24) is 0 Å². The van der Waals surface area contributed by atoms with E-state index in [0.717, 1.165) is 0 Å². The Balaban J connectivity index is 0. The summed E-state index contributed by atoms with van der Waals surface area (Å²) in [5, 5.41) is 0. The highest BCUT2D eigenvalue weighted by molar-refractivity contribution is 6.37. The van der Waals surface area contributed by atoms with Gasteiger partial charge >= 0.3 is 30.3 Å². The fourth-order valence-corrected chi connectivity index (χ4v) is 14.9. The zero-order chi connectivity index (χ0) is 50.9. The lowest BCUT2D eigenvalue weighted by molar-refractivity contribution is -0.175. The van der Waals surface area contributed by atoms with Crippen molar-refractivity contribution in [1.29, 1.82) is 0 Å². The smallest absolute Gasteiger partial charge is 0.449 e. The van der Waals surface area contributed by atoms with E-state index in [2.05, 4.69) is 249 Å². The van der Waals surface area contributed by atoms with Crippen molar-refractivity contribution in [2.24, 2.45) is 68.0 Å². The predicted molar refractivity (Wildman–Crippen MR) is 274 cm³/mol. The van der Waals surface area contributed by atoms with Crippen LogP contribution in [0.15, 0.2) is 0 Å². The van der Waals surface area contributed by atoms with E-state index in [4.69, 9.17) is 22.7 Å². The molecule has 6 unspecified atom stereocenters. The lowest BCUT2D eigenvalue weighted by atomic mass is 9.71. The highest BCUT2D eigenvalue weighted by Crippen LogP contribution is 2.49. The van der Waals surface area contributed by atoms with Gasteiger partial charge in [0, 0.05) is 33.6 Å². The SMILES string of the molecule is CC(C)C(C)([O][Al]([O]C(C)(C(C)C)C(C)(C)C)[O]C(C)(C(C)C)C(C)(C)C)C(C)(C)C.CC(C)C(C)([O][Al]([O]C(C)(C(C)C)C(C)(C)C)[O]C(C)(C(C)C)C(C)(C)C)C(C)(C)C. The van der Waals surface area contributed by atoms with Crippen LogP contribution >= 0.6 is 0 Å². The maximum Gasteiger partial charge on any atom is 0.906 e. The molecule has 0 aliphatic rings. The zero-order valence-corrected chi connectivity index (χ0v) is 51.4. The van der Waals surface area contributed by atoms with Gasteiger partial charge in [-0.2, -0.15) is 0 Å². The molecule has 0 rings (SSSR count). The van der Waals surface area contributed by atoms with E-state index >= 15 is 0 Å². The maximum absolute atomic E-state index is 7.04. The lowest BCUT2D eigenvalue weighted by Gasteiger charge is -2.53. The fraction of sp³-hybridized carbons (Fsp3) is 1.00. The zero-order valence-electron chi connectivity index (χ0n) is 49.1. The van der Waals surface area contributed by atoms with Crippen LogP contribution in [0.4, 0.5) is 0 Å². The van der Waals surface area contributed by atoms with Crippen LogP contribution < -0.4 is 0 Å². The van der Waals surface area contributed by atoms with E-state index in [1.54, 1.807) is 0 Å². The van der Waals surface area contributed by atoms with Gasteiger partial charge in [-0.1, -0.05) is 208 Å². The summed E-state index contributed by atoms with van der Waals surface area (Å²) in [5.41, 5.74) is -2.50. The molecule has 372 valence electrons. The third kappa shape index (κ3) is 14.9. The van der Waals surface area contributed by atoms with Crippen molar-refractivity contribution < 1.29 is 22.7 Å². The molecule has 0 spiro atoms. The Morgan fingerprint density at radius 3 is 0.323 bits per heavy atom. The van der Waals surface area contributed by atoms with Crippen LogP contribution in [0, 0.1) is 68.0 Å². The molecule has 0 aromatic rings. The Kier molecular flexibility index (Phi) is 22.6. The third-order valence-corrected chi connectivity index (χ3v) is 21.7. The minimum absolute atomic E-state index is 0.0505. The molecule has 0 bridgehead atoms. The van der Waals surface area contributed by atoms with Gasteiger partial charge in [-0.15, -0.1) is 0 Å². The van der Waals surface area contributed by atoms with Crippen LogP contribution in [0.25, 0.3) is 0 Å². The highest BCUT2D eigenvalue weighted by atomic mass is 27.3. The molecular weight excluding hydrogens is 799 g/mol. The largest absolute Gasteiger partial charge is 0.906 e. The average Bonchev–Trinajstić information content (AvgIpc) is 3.00. The van der Waals surface area contributed by atoms with Gasteiger partial charge < -0.3 is 22.7 Å². The van der Waals surface area contributed by atoms with Crippen LogP contribution in [0.3, 0.4) is 0 Å². The van der Waals surface area contributed by atoms with Crippen molar-refractivity contribution >= 4 is 30.3 Å². The van der Waals surface area contributed by atoms with Crippen molar-refractivity contribution in [3.8, 4) is 0 Å². The first kappa shape index (κ1) is 64.9. The molecule has 0 N–H and O–H groups in total. The summed E-state index contributed by atoms with van der Waals surface area (Å²) in [6.45, 7) is 81.0. The highest BCUT2D eigenvalue weighted by Gasteiger charge is 2.59. The van der Waals surface area contributed by atoms with Gasteiger partial charge in [-0.05, 0) is 110 Å². The second-order valence-corrected chi connectivity index (χ2v) is 30.9. The molecule has 0 radical (unpaired) electrons. The van der Waals surface area contributed by atoms with E-state index in [0.29, 0.717) is 35.5 Å². The Labute approximate surface area is 401 Å². The molecule has 0 aliphatic carbocycles. The topological polar surface area (TPSA) is 55.4 Å². The summed E-state index contributed by atoms with van der Waals surface area (Å²) in [4.78, 5) is 0. The molecule has 0 aromatic heterocycles. The number of rotatable bonds is 18. The summed E-state index contributed by atoms with van der Waals surface area (Å²) in [5.74, 6) is 1.97. The van der Waals surface area contributed by atoms with Gasteiger partial charge in [-0.25, -0.2) is 0 Å². The maximum atomic E-state index is 7.04. The molecule has 0 amide bonds. The van der Waals surface area contributed by atoms with Crippen LogP contribution in [0.5, 0.6) is 0 Å². The van der Waals surface area contributed by atoms with Crippen LogP contribution in [0.2, 0.25) is 0 Å². The number of hydrogen-bond donors (Lipinski definition) is 0. The quantitative estimate of drug-likeness (QED) is 0.128. The molecule has 0 aromatic carbocycles. The molecule has 0 fully saturated rings. The fourth-order valence-electron chi connectivity index (χ4n) is 8.42. The third-order valence-electron chi connectivity index (χ3n) is 17.6. The van der Waals surface area contributed by atoms with Crippen LogP contribution in [-0.4, -0.2) is 63.9 Å². The van der Waals surface area contributed by atoms with Crippen LogP contribution in [-0.2, 0) is 22.7 Å². The summed E-state index contributed by atoms with van der Waals surface area (Å²) in [7, 11) is 0. The van der Waals surface area contributed by atoms with Crippen LogP contribution in [0.1, 0.15) is 249 Å². The van der Waals surface area contributed by atoms with Crippen molar-refractivity contribution in [3.05, 3.63) is 0 Å². The second kappa shape index (κ2) is 21.6. The van der Waals surface area contributed by atoms with Gasteiger partial charge in [0.15, 0.2) is 0 Å². The Morgan fingerprint density at radius 2 is 0.274 bits per heavy atom. The van der Waals surface area contributed by atoms with Crippen molar-refractivity contribution in [2.45, 2.75) is 283 Å². The van der Waals surface area contributed by atoms with E-state index in [-0.39, 0.29) is 66.1 Å². The minimum atomic E-state index is -2.58. The number of hydrogen-bond acceptors (Lipinski definition) is 6. The van der Waals surface area contributed by atoms with Gasteiger partial charge in [-0.3, -0.25) is 0 Å². The average molecular weight is 913 g/mol. The summed E-state index contributed by atoms with van der Waals surface area (Å²) < 4.78 is 42.2. The Morgan fingerprint density at radius 1 is 0.194 bits per heavy atom. The summed E-state index contributed by atoms with van der Waals surface area (Å²) in [6.07, 6.45) is 0. The first-order chi connectivity index (χ1) is 26.7. The molecule has 0 heterocycles. The molecule has 6 atom stereocenters. The van der Waals surface area contributed by atoms with E-state index in [1.165, 1.54) is 0 Å². The molecule has 6 nitrogen and oxygen atoms in total. The molecule has 0 saturated heterocycles. The lowest BCUT2D eigenvalue weighted by Crippen LogP contribution is -2.60. The Bertz CT molecular complexity index is 1070. The van der Waals surface area contributed by atoms with Gasteiger partial charge in [0.05, 0.1) is 0 Å². The molecule has 62 heavy (non-hydrogen) atoms. The molecule has 8 heteroatoms. The molecule has 0 aliphatic heterocycles. The van der Waals surface area contributed by atoms with Crippen molar-refractivity contribution in [3.63, 3.8) is 0 Å². The summed E-state index contributed by atoms with van der Waals surface area (Å²) >= 11 is -5.15. The van der Waals surface area contributed by atoms with Gasteiger partial charge in [0.25, 0.3) is 0 Å². The second-order valence-electron chi connectivity index (χ2n) is 28.4. The standard InChI is InChI=1S/6C9H19O.2Al/c6*1-7(2)9(6,10)8(3,4)5;;/h6*7H,1-6H3;;/q6*-1;2*+3. The van der Waals surface area contributed by atoms with E-state index < -0.39 is 30.3 Å². The molecule has 0 saturated carbocycles. The minimum Gasteiger partial charge on any atom is -0.449 e. The Hall–Kier alpha value is 0.825. The van der Waals surface area contributed by atoms with E-state index in [9.17, 15) is 0 Å². The normalized spacial score (nSPS) is 20.0. The first-order valence-corrected chi connectivity index (χ1v) is 27.6. The van der Waals surface area contributed by atoms with E-state index in [1.807, 2.05) is 0 Å². The predicted octanol–water partition coefficient (Wildman–Crippen LogP) is 16.8. The first-order valence-electron chi connectivity index (χ1n) is 24.8. The molecular formula is C54H114Al2O6. The monoisotopic (exact) mass is 913 g/mol. The van der Waals surface area contributed by atoms with Gasteiger partial charge in [0.2, 0.25) is 0 Å². The summed E-state index contributed by atoms with van der Waals surface area (Å²) in [6, 6.07) is 0. The van der Waals surface area contributed by atoms with Crippen molar-refractivity contribution in [2.75, 3.05) is 0 Å².